The van der Waals surface area contributed by atoms with Crippen LogP contribution in [0.5, 0.6) is 0 Å². The first-order valence-corrected chi connectivity index (χ1v) is 6.80. The highest BCUT2D eigenvalue weighted by molar-refractivity contribution is 6.53. The number of carbonyl (C=O) groups is 1. The Morgan fingerprint density at radius 2 is 2.22 bits per heavy atom. The molecule has 3 unspecified atom stereocenters. The summed E-state index contributed by atoms with van der Waals surface area (Å²) in [5.41, 5.74) is -0.865. The van der Waals surface area contributed by atoms with E-state index in [0.717, 1.165) is 19.3 Å². The van der Waals surface area contributed by atoms with Crippen LogP contribution in [0.15, 0.2) is 12.2 Å². The molecule has 0 radical (unpaired) electrons. The minimum atomic E-state index is -1.05. The van der Waals surface area contributed by atoms with Crippen LogP contribution in [0, 0.1) is 22.7 Å². The molecule has 98 valence electrons. The standard InChI is InChI=1S/C13H15Cl2NO2/c1-12(8-13(12,14)15)11(17)18-10(7-16)9-5-3-2-4-6-9/h2-3,9-10H,4-6,8H2,1H3. The minimum absolute atomic E-state index is 0.0753. The van der Waals surface area contributed by atoms with Gasteiger partial charge in [-0.15, -0.1) is 23.2 Å². The van der Waals surface area contributed by atoms with Crippen molar-refractivity contribution in [1.82, 2.24) is 0 Å². The number of nitriles is 1. The van der Waals surface area contributed by atoms with Crippen LogP contribution in [0.4, 0.5) is 0 Å². The Kier molecular flexibility index (Phi) is 3.62. The lowest BCUT2D eigenvalue weighted by molar-refractivity contribution is -0.154. The molecule has 2 rings (SSSR count). The fourth-order valence-corrected chi connectivity index (χ4v) is 2.88. The zero-order valence-corrected chi connectivity index (χ0v) is 11.7. The normalized spacial score (nSPS) is 34.4. The van der Waals surface area contributed by atoms with E-state index in [1.54, 1.807) is 6.92 Å². The molecule has 2 aliphatic carbocycles. The number of ether oxygens (including phenoxy) is 1. The van der Waals surface area contributed by atoms with Gasteiger partial charge in [-0.05, 0) is 26.2 Å². The van der Waals surface area contributed by atoms with E-state index in [0.29, 0.717) is 6.42 Å². The van der Waals surface area contributed by atoms with Gasteiger partial charge in [-0.25, -0.2) is 0 Å². The van der Waals surface area contributed by atoms with Gasteiger partial charge in [0.1, 0.15) is 15.8 Å². The van der Waals surface area contributed by atoms with E-state index < -0.39 is 21.8 Å². The van der Waals surface area contributed by atoms with E-state index in [-0.39, 0.29) is 5.92 Å². The summed E-state index contributed by atoms with van der Waals surface area (Å²) in [6, 6.07) is 2.07. The van der Waals surface area contributed by atoms with Gasteiger partial charge in [-0.1, -0.05) is 12.2 Å². The maximum atomic E-state index is 12.0. The van der Waals surface area contributed by atoms with Crippen molar-refractivity contribution in [3.8, 4) is 6.07 Å². The smallest absolute Gasteiger partial charge is 0.316 e. The number of nitrogens with zero attached hydrogens (tertiary/aromatic N) is 1. The molecule has 1 fully saturated rings. The molecule has 5 heteroatoms. The van der Waals surface area contributed by atoms with Gasteiger partial charge in [0.25, 0.3) is 0 Å². The highest BCUT2D eigenvalue weighted by Gasteiger charge is 2.69. The van der Waals surface area contributed by atoms with E-state index in [1.165, 1.54) is 0 Å². The SMILES string of the molecule is CC1(C(=O)OC(C#N)C2CC=CCC2)CC1(Cl)Cl. The van der Waals surface area contributed by atoms with Gasteiger partial charge in [0.05, 0.1) is 0 Å². The first kappa shape index (κ1) is 13.7. The van der Waals surface area contributed by atoms with Crippen molar-refractivity contribution in [3.63, 3.8) is 0 Å². The molecule has 0 N–H and O–H groups in total. The fourth-order valence-electron chi connectivity index (χ4n) is 2.19. The molecular formula is C13H15Cl2NO2. The Labute approximate surface area is 117 Å². The maximum absolute atomic E-state index is 12.0. The fraction of sp³-hybridized carbons (Fsp3) is 0.692. The highest BCUT2D eigenvalue weighted by Crippen LogP contribution is 2.64. The van der Waals surface area contributed by atoms with Crippen LogP contribution in [-0.2, 0) is 9.53 Å². The molecular weight excluding hydrogens is 273 g/mol. The average Bonchev–Trinajstić information content (AvgIpc) is 2.88. The first-order chi connectivity index (χ1) is 8.40. The number of alkyl halides is 2. The number of esters is 1. The molecule has 0 aromatic rings. The molecule has 3 atom stereocenters. The lowest BCUT2D eigenvalue weighted by Gasteiger charge is -2.24. The molecule has 0 heterocycles. The molecule has 0 amide bonds. The van der Waals surface area contributed by atoms with Crippen molar-refractivity contribution in [3.05, 3.63) is 12.2 Å². The summed E-state index contributed by atoms with van der Waals surface area (Å²) in [7, 11) is 0. The zero-order valence-electron chi connectivity index (χ0n) is 10.2. The van der Waals surface area contributed by atoms with Crippen molar-refractivity contribution in [2.75, 3.05) is 0 Å². The second kappa shape index (κ2) is 4.75. The summed E-state index contributed by atoms with van der Waals surface area (Å²) in [6.45, 7) is 1.67. The van der Waals surface area contributed by atoms with Gasteiger partial charge >= 0.3 is 5.97 Å². The first-order valence-electron chi connectivity index (χ1n) is 6.04. The van der Waals surface area contributed by atoms with Crippen LogP contribution in [0.2, 0.25) is 0 Å². The second-order valence-corrected chi connectivity index (χ2v) is 6.70. The quantitative estimate of drug-likeness (QED) is 0.454. The lowest BCUT2D eigenvalue weighted by atomic mass is 9.90. The molecule has 18 heavy (non-hydrogen) atoms. The topological polar surface area (TPSA) is 50.1 Å². The van der Waals surface area contributed by atoms with Crippen LogP contribution in [0.25, 0.3) is 0 Å². The Bertz CT molecular complexity index is 427. The van der Waals surface area contributed by atoms with Gasteiger partial charge in [-0.2, -0.15) is 5.26 Å². The van der Waals surface area contributed by atoms with Gasteiger partial charge in [0.2, 0.25) is 0 Å². The third kappa shape index (κ3) is 2.37. The van der Waals surface area contributed by atoms with E-state index >= 15 is 0 Å². The average molecular weight is 288 g/mol. The lowest BCUT2D eigenvalue weighted by Crippen LogP contribution is -2.31. The highest BCUT2D eigenvalue weighted by atomic mass is 35.5. The van der Waals surface area contributed by atoms with E-state index in [4.69, 9.17) is 33.2 Å². The summed E-state index contributed by atoms with van der Waals surface area (Å²) >= 11 is 11.9. The monoisotopic (exact) mass is 287 g/mol. The number of carbonyl (C=O) groups excluding carboxylic acids is 1. The number of hydrogen-bond acceptors (Lipinski definition) is 3. The van der Waals surface area contributed by atoms with Gasteiger partial charge < -0.3 is 4.74 Å². The van der Waals surface area contributed by atoms with Crippen molar-refractivity contribution < 1.29 is 9.53 Å². The second-order valence-electron chi connectivity index (χ2n) is 5.21. The van der Waals surface area contributed by atoms with Gasteiger partial charge in [0.15, 0.2) is 6.10 Å². The maximum Gasteiger partial charge on any atom is 0.316 e. The molecule has 0 aliphatic heterocycles. The van der Waals surface area contributed by atoms with Gasteiger partial charge in [-0.3, -0.25) is 4.79 Å². The minimum Gasteiger partial charge on any atom is -0.446 e. The zero-order chi connectivity index (χ0) is 13.4. The Morgan fingerprint density at radius 1 is 1.56 bits per heavy atom. The van der Waals surface area contributed by atoms with Gasteiger partial charge in [0, 0.05) is 12.3 Å². The van der Waals surface area contributed by atoms with E-state index in [9.17, 15) is 4.79 Å². The third-order valence-corrected chi connectivity index (χ3v) is 4.91. The van der Waals surface area contributed by atoms with Crippen LogP contribution >= 0.6 is 23.2 Å². The van der Waals surface area contributed by atoms with Crippen molar-refractivity contribution in [2.24, 2.45) is 11.3 Å². The molecule has 0 spiro atoms. The van der Waals surface area contributed by atoms with Crippen LogP contribution in [-0.4, -0.2) is 16.4 Å². The van der Waals surface area contributed by atoms with Crippen LogP contribution in [0.3, 0.4) is 0 Å². The molecule has 1 saturated carbocycles. The summed E-state index contributed by atoms with van der Waals surface area (Å²) in [4.78, 5) is 12.0. The summed E-state index contributed by atoms with van der Waals surface area (Å²) in [5, 5.41) is 9.13. The molecule has 2 aliphatic rings. The molecule has 0 aromatic carbocycles. The molecule has 0 bridgehead atoms. The summed E-state index contributed by atoms with van der Waals surface area (Å²) < 4.78 is 4.25. The molecule has 0 aromatic heterocycles. The van der Waals surface area contributed by atoms with Crippen LogP contribution < -0.4 is 0 Å². The summed E-state index contributed by atoms with van der Waals surface area (Å²) in [5.74, 6) is -0.389. The predicted octanol–water partition coefficient (Wildman–Crippen LogP) is 3.36. The number of hydrogen-bond donors (Lipinski definition) is 0. The largest absolute Gasteiger partial charge is 0.446 e. The Balaban J connectivity index is 1.98. The molecule has 3 nitrogen and oxygen atoms in total. The third-order valence-electron chi connectivity index (χ3n) is 3.81. The Hall–Kier alpha value is -0.720. The van der Waals surface area contributed by atoms with Crippen molar-refractivity contribution in [1.29, 1.82) is 5.26 Å². The summed E-state index contributed by atoms with van der Waals surface area (Å²) in [6.07, 6.45) is 6.35. The number of rotatable bonds is 3. The van der Waals surface area contributed by atoms with E-state index in [1.807, 2.05) is 6.08 Å². The number of allylic oxidation sites excluding steroid dienone is 2. The van der Waals surface area contributed by atoms with Crippen molar-refractivity contribution in [2.45, 2.75) is 43.0 Å². The Morgan fingerprint density at radius 3 is 2.67 bits per heavy atom. The van der Waals surface area contributed by atoms with Crippen LogP contribution in [0.1, 0.15) is 32.6 Å². The predicted molar refractivity (Wildman–Crippen MR) is 69.1 cm³/mol. The van der Waals surface area contributed by atoms with Crippen molar-refractivity contribution >= 4 is 29.2 Å². The molecule has 0 saturated heterocycles. The van der Waals surface area contributed by atoms with E-state index in [2.05, 4.69) is 12.1 Å². The number of halogens is 2.